The van der Waals surface area contributed by atoms with Gasteiger partial charge in [-0.25, -0.2) is 4.39 Å². The fourth-order valence-corrected chi connectivity index (χ4v) is 3.05. The SMILES string of the molecule is CCCCCC(CCCCC)Nc1cc(F)c(Br)cc1C. The van der Waals surface area contributed by atoms with Crippen LogP contribution in [0.4, 0.5) is 10.1 Å². The van der Waals surface area contributed by atoms with Crippen molar-refractivity contribution in [2.24, 2.45) is 0 Å². The summed E-state index contributed by atoms with van der Waals surface area (Å²) in [6.07, 6.45) is 9.89. The molecule has 0 aliphatic rings. The Bertz CT molecular complexity index is 410. The molecule has 1 aromatic carbocycles. The van der Waals surface area contributed by atoms with Gasteiger partial charge in [-0.1, -0.05) is 52.4 Å². The molecular weight excluding hydrogens is 329 g/mol. The highest BCUT2D eigenvalue weighted by atomic mass is 79.9. The van der Waals surface area contributed by atoms with Gasteiger partial charge in [0.2, 0.25) is 0 Å². The maximum atomic E-state index is 13.7. The molecule has 0 aliphatic heterocycles. The Morgan fingerprint density at radius 1 is 1.05 bits per heavy atom. The van der Waals surface area contributed by atoms with Crippen LogP contribution >= 0.6 is 15.9 Å². The number of unbranched alkanes of at least 4 members (excludes halogenated alkanes) is 4. The number of benzene rings is 1. The quantitative estimate of drug-likeness (QED) is 0.452. The van der Waals surface area contributed by atoms with Crippen LogP contribution in [0.5, 0.6) is 0 Å². The van der Waals surface area contributed by atoms with E-state index in [2.05, 4.69) is 35.1 Å². The van der Waals surface area contributed by atoms with Crippen LogP contribution in [0.25, 0.3) is 0 Å². The van der Waals surface area contributed by atoms with Gasteiger partial charge in [0, 0.05) is 11.7 Å². The molecule has 0 spiro atoms. The van der Waals surface area contributed by atoms with Gasteiger partial charge in [-0.05, 0) is 53.4 Å². The standard InChI is InChI=1S/C18H29BrFN/c1-4-6-8-10-15(11-9-7-5-2)21-18-13-17(20)16(19)12-14(18)3/h12-13,15,21H,4-11H2,1-3H3. The summed E-state index contributed by atoms with van der Waals surface area (Å²) in [6.45, 7) is 6.49. The molecule has 0 amide bonds. The molecule has 1 aromatic rings. The van der Waals surface area contributed by atoms with E-state index in [1.807, 2.05) is 13.0 Å². The van der Waals surface area contributed by atoms with E-state index in [9.17, 15) is 4.39 Å². The molecule has 0 fully saturated rings. The van der Waals surface area contributed by atoms with Gasteiger partial charge < -0.3 is 5.32 Å². The highest BCUT2D eigenvalue weighted by Gasteiger charge is 2.11. The van der Waals surface area contributed by atoms with E-state index in [4.69, 9.17) is 0 Å². The van der Waals surface area contributed by atoms with Crippen molar-refractivity contribution in [3.8, 4) is 0 Å². The number of halogens is 2. The van der Waals surface area contributed by atoms with Crippen molar-refractivity contribution in [2.75, 3.05) is 5.32 Å². The Morgan fingerprint density at radius 2 is 1.62 bits per heavy atom. The lowest BCUT2D eigenvalue weighted by molar-refractivity contribution is 0.525. The van der Waals surface area contributed by atoms with E-state index < -0.39 is 0 Å². The number of rotatable bonds is 10. The van der Waals surface area contributed by atoms with Gasteiger partial charge in [-0.15, -0.1) is 0 Å². The second kappa shape index (κ2) is 10.2. The lowest BCUT2D eigenvalue weighted by atomic mass is 10.0. The molecule has 0 saturated heterocycles. The second-order valence-corrected chi connectivity index (χ2v) is 6.77. The third kappa shape index (κ3) is 6.82. The Labute approximate surface area is 137 Å². The molecule has 0 unspecified atom stereocenters. The number of hydrogen-bond donors (Lipinski definition) is 1. The average molecular weight is 358 g/mol. The Morgan fingerprint density at radius 3 is 2.14 bits per heavy atom. The van der Waals surface area contributed by atoms with Gasteiger partial charge >= 0.3 is 0 Å². The van der Waals surface area contributed by atoms with Crippen molar-refractivity contribution in [1.82, 2.24) is 0 Å². The molecule has 1 rings (SSSR count). The summed E-state index contributed by atoms with van der Waals surface area (Å²) < 4.78 is 14.3. The molecule has 0 bridgehead atoms. The number of aryl methyl sites for hydroxylation is 1. The van der Waals surface area contributed by atoms with Crippen LogP contribution in [0.15, 0.2) is 16.6 Å². The van der Waals surface area contributed by atoms with Crippen LogP contribution in [0.1, 0.15) is 70.8 Å². The van der Waals surface area contributed by atoms with Crippen molar-refractivity contribution in [3.63, 3.8) is 0 Å². The van der Waals surface area contributed by atoms with E-state index in [0.29, 0.717) is 10.5 Å². The minimum Gasteiger partial charge on any atom is -0.382 e. The first-order valence-electron chi connectivity index (χ1n) is 8.30. The fraction of sp³-hybridized carbons (Fsp3) is 0.667. The van der Waals surface area contributed by atoms with Gasteiger partial charge in [0.25, 0.3) is 0 Å². The first-order valence-corrected chi connectivity index (χ1v) is 9.10. The number of hydrogen-bond acceptors (Lipinski definition) is 1. The smallest absolute Gasteiger partial charge is 0.139 e. The zero-order chi connectivity index (χ0) is 15.7. The number of nitrogens with one attached hydrogen (secondary N) is 1. The molecule has 0 heterocycles. The Hall–Kier alpha value is -0.570. The van der Waals surface area contributed by atoms with Crippen LogP contribution in [0, 0.1) is 12.7 Å². The minimum absolute atomic E-state index is 0.191. The molecule has 0 atom stereocenters. The molecule has 0 aromatic heterocycles. The van der Waals surface area contributed by atoms with Crippen molar-refractivity contribution in [3.05, 3.63) is 28.0 Å². The predicted octanol–water partition coefficient (Wildman–Crippen LogP) is 6.84. The van der Waals surface area contributed by atoms with E-state index in [-0.39, 0.29) is 5.82 Å². The zero-order valence-corrected chi connectivity index (χ0v) is 15.2. The fourth-order valence-electron chi connectivity index (χ4n) is 2.59. The van der Waals surface area contributed by atoms with E-state index >= 15 is 0 Å². The lowest BCUT2D eigenvalue weighted by Gasteiger charge is -2.21. The molecular formula is C18H29BrFN. The summed E-state index contributed by atoms with van der Waals surface area (Å²) in [7, 11) is 0. The average Bonchev–Trinajstić information content (AvgIpc) is 2.45. The summed E-state index contributed by atoms with van der Waals surface area (Å²) in [5.41, 5.74) is 2.04. The molecule has 0 radical (unpaired) electrons. The van der Waals surface area contributed by atoms with Crippen LogP contribution in [-0.4, -0.2) is 6.04 Å². The van der Waals surface area contributed by atoms with Gasteiger partial charge in [-0.2, -0.15) is 0 Å². The molecule has 21 heavy (non-hydrogen) atoms. The molecule has 1 nitrogen and oxygen atoms in total. The highest BCUT2D eigenvalue weighted by Crippen LogP contribution is 2.26. The van der Waals surface area contributed by atoms with Gasteiger partial charge in [-0.3, -0.25) is 0 Å². The Balaban J connectivity index is 2.67. The van der Waals surface area contributed by atoms with Crippen LogP contribution in [-0.2, 0) is 0 Å². The summed E-state index contributed by atoms with van der Waals surface area (Å²) in [6, 6.07) is 3.93. The minimum atomic E-state index is -0.191. The second-order valence-electron chi connectivity index (χ2n) is 5.91. The highest BCUT2D eigenvalue weighted by molar-refractivity contribution is 9.10. The maximum absolute atomic E-state index is 13.7. The monoisotopic (exact) mass is 357 g/mol. The molecule has 3 heteroatoms. The van der Waals surface area contributed by atoms with Crippen molar-refractivity contribution in [2.45, 2.75) is 78.2 Å². The van der Waals surface area contributed by atoms with Crippen LogP contribution < -0.4 is 5.32 Å². The van der Waals surface area contributed by atoms with E-state index in [1.165, 1.54) is 51.4 Å². The van der Waals surface area contributed by atoms with Crippen molar-refractivity contribution < 1.29 is 4.39 Å². The summed E-state index contributed by atoms with van der Waals surface area (Å²) in [5, 5.41) is 3.57. The van der Waals surface area contributed by atoms with E-state index in [1.54, 1.807) is 6.07 Å². The van der Waals surface area contributed by atoms with Crippen LogP contribution in [0.3, 0.4) is 0 Å². The summed E-state index contributed by atoms with van der Waals surface area (Å²) in [5.74, 6) is -0.191. The van der Waals surface area contributed by atoms with Crippen molar-refractivity contribution in [1.29, 1.82) is 0 Å². The number of anilines is 1. The molecule has 1 N–H and O–H groups in total. The lowest BCUT2D eigenvalue weighted by Crippen LogP contribution is -2.20. The summed E-state index contributed by atoms with van der Waals surface area (Å²) in [4.78, 5) is 0. The third-order valence-electron chi connectivity index (χ3n) is 3.94. The maximum Gasteiger partial charge on any atom is 0.139 e. The van der Waals surface area contributed by atoms with Crippen molar-refractivity contribution >= 4 is 21.6 Å². The predicted molar refractivity (Wildman–Crippen MR) is 94.5 cm³/mol. The third-order valence-corrected chi connectivity index (χ3v) is 4.55. The zero-order valence-electron chi connectivity index (χ0n) is 13.6. The Kier molecular flexibility index (Phi) is 8.98. The van der Waals surface area contributed by atoms with Gasteiger partial charge in [0.1, 0.15) is 5.82 Å². The van der Waals surface area contributed by atoms with Crippen LogP contribution in [0.2, 0.25) is 0 Å². The normalized spacial score (nSPS) is 11.1. The molecule has 0 saturated carbocycles. The largest absolute Gasteiger partial charge is 0.382 e. The van der Waals surface area contributed by atoms with Gasteiger partial charge in [0.05, 0.1) is 4.47 Å². The van der Waals surface area contributed by atoms with Gasteiger partial charge in [0.15, 0.2) is 0 Å². The topological polar surface area (TPSA) is 12.0 Å². The molecule has 0 aliphatic carbocycles. The van der Waals surface area contributed by atoms with E-state index in [0.717, 1.165) is 11.3 Å². The summed E-state index contributed by atoms with van der Waals surface area (Å²) >= 11 is 3.25. The molecule has 120 valence electrons. The first-order chi connectivity index (χ1) is 10.1. The first kappa shape index (κ1) is 18.5.